The van der Waals surface area contributed by atoms with Crippen molar-refractivity contribution in [3.63, 3.8) is 0 Å². The number of hydrogen-bond acceptors (Lipinski definition) is 4. The summed E-state index contributed by atoms with van der Waals surface area (Å²) in [6.45, 7) is 9.71. The molecule has 1 heterocycles. The summed E-state index contributed by atoms with van der Waals surface area (Å²) in [5.74, 6) is 2.21. The topological polar surface area (TPSA) is 35.5 Å². The Morgan fingerprint density at radius 3 is 1.98 bits per heavy atom. The highest BCUT2D eigenvalue weighted by atomic mass is 32.2. The molecule has 0 fully saturated rings. The number of Topliss-reactive ketones (excluding diaryl/α,β-unsaturated/α-hetero) is 1. The number of fused-ring (bicyclic) bond motifs is 1. The zero-order valence-corrected chi connectivity index (χ0v) is 27.8. The van der Waals surface area contributed by atoms with Gasteiger partial charge in [0.1, 0.15) is 11.5 Å². The molecule has 42 heavy (non-hydrogen) atoms. The van der Waals surface area contributed by atoms with Crippen LogP contribution in [0.3, 0.4) is 0 Å². The molecular formula is C38H56O3S. The van der Waals surface area contributed by atoms with Crippen LogP contribution < -0.4 is 9.47 Å². The SMILES string of the molecule is CCCCCCCCCCCCCCCC(CCC)c1cccc2c1SC(=Cc1cc(OCC)ccc1OCC)C2=O. The molecule has 2 aromatic carbocycles. The highest BCUT2D eigenvalue weighted by Crippen LogP contribution is 2.47. The average Bonchev–Trinajstić information content (AvgIpc) is 3.31. The number of benzene rings is 2. The monoisotopic (exact) mass is 592 g/mol. The molecule has 2 aromatic rings. The smallest absolute Gasteiger partial charge is 0.200 e. The molecule has 0 bridgehead atoms. The maximum atomic E-state index is 13.5. The number of ketones is 1. The Hall–Kier alpha value is -2.20. The molecule has 1 unspecified atom stereocenters. The lowest BCUT2D eigenvalue weighted by Gasteiger charge is -2.19. The van der Waals surface area contributed by atoms with E-state index in [1.165, 1.54) is 107 Å². The van der Waals surface area contributed by atoms with Crippen molar-refractivity contribution < 1.29 is 14.3 Å². The van der Waals surface area contributed by atoms with Crippen LogP contribution in [0.15, 0.2) is 46.2 Å². The lowest BCUT2D eigenvalue weighted by Crippen LogP contribution is -2.02. The number of unbranched alkanes of at least 4 members (excludes halogenated alkanes) is 12. The van der Waals surface area contributed by atoms with Gasteiger partial charge in [0.05, 0.1) is 18.1 Å². The van der Waals surface area contributed by atoms with E-state index in [1.54, 1.807) is 11.8 Å². The first-order valence-corrected chi connectivity index (χ1v) is 17.9. The first-order valence-electron chi connectivity index (χ1n) is 17.1. The van der Waals surface area contributed by atoms with Crippen LogP contribution in [0.4, 0.5) is 0 Å². The lowest BCUT2D eigenvalue weighted by molar-refractivity contribution is 0.104. The summed E-state index contributed by atoms with van der Waals surface area (Å²) in [7, 11) is 0. The van der Waals surface area contributed by atoms with Crippen molar-refractivity contribution >= 4 is 23.6 Å². The molecule has 0 spiro atoms. The normalized spacial score (nSPS) is 14.4. The van der Waals surface area contributed by atoms with Crippen LogP contribution in [0, 0.1) is 0 Å². The predicted molar refractivity (Wildman–Crippen MR) is 181 cm³/mol. The van der Waals surface area contributed by atoms with Crippen LogP contribution in [0.5, 0.6) is 11.5 Å². The molecule has 232 valence electrons. The number of carbonyl (C=O) groups is 1. The second-order valence-corrected chi connectivity index (χ2v) is 12.8. The van der Waals surface area contributed by atoms with Gasteiger partial charge in [-0.3, -0.25) is 4.79 Å². The van der Waals surface area contributed by atoms with E-state index in [9.17, 15) is 4.79 Å². The largest absolute Gasteiger partial charge is 0.494 e. The second-order valence-electron chi connectivity index (χ2n) is 11.7. The molecular weight excluding hydrogens is 536 g/mol. The second kappa shape index (κ2) is 19.9. The summed E-state index contributed by atoms with van der Waals surface area (Å²) in [5.41, 5.74) is 3.11. The molecule has 0 aliphatic carbocycles. The van der Waals surface area contributed by atoms with E-state index in [0.717, 1.165) is 34.0 Å². The van der Waals surface area contributed by atoms with Gasteiger partial charge in [0.2, 0.25) is 5.78 Å². The van der Waals surface area contributed by atoms with E-state index in [1.807, 2.05) is 44.2 Å². The van der Waals surface area contributed by atoms with E-state index in [0.29, 0.717) is 19.1 Å². The molecule has 0 N–H and O–H groups in total. The van der Waals surface area contributed by atoms with Crippen molar-refractivity contribution in [3.05, 3.63) is 58.0 Å². The Morgan fingerprint density at radius 1 is 0.714 bits per heavy atom. The minimum atomic E-state index is 0.123. The third-order valence-corrected chi connectivity index (χ3v) is 9.52. The molecule has 0 saturated heterocycles. The average molecular weight is 593 g/mol. The molecule has 1 aliphatic heterocycles. The first kappa shape index (κ1) is 34.3. The van der Waals surface area contributed by atoms with Crippen molar-refractivity contribution in [1.29, 1.82) is 0 Å². The molecule has 1 aliphatic rings. The Labute approximate surface area is 261 Å². The molecule has 0 saturated carbocycles. The van der Waals surface area contributed by atoms with Gasteiger partial charge in [-0.1, -0.05) is 128 Å². The molecule has 4 heteroatoms. The van der Waals surface area contributed by atoms with Crippen LogP contribution in [-0.2, 0) is 0 Å². The molecule has 3 nitrogen and oxygen atoms in total. The van der Waals surface area contributed by atoms with Crippen molar-refractivity contribution in [2.75, 3.05) is 13.2 Å². The van der Waals surface area contributed by atoms with Crippen molar-refractivity contribution in [2.24, 2.45) is 0 Å². The fourth-order valence-electron chi connectivity index (χ4n) is 6.09. The number of rotatable bonds is 22. The van der Waals surface area contributed by atoms with E-state index < -0.39 is 0 Å². The van der Waals surface area contributed by atoms with Gasteiger partial charge in [0, 0.05) is 16.0 Å². The zero-order valence-electron chi connectivity index (χ0n) is 27.0. The van der Waals surface area contributed by atoms with Gasteiger partial charge in [-0.2, -0.15) is 0 Å². The Bertz CT molecular complexity index is 1110. The fourth-order valence-corrected chi connectivity index (χ4v) is 7.32. The van der Waals surface area contributed by atoms with Crippen LogP contribution in [-0.4, -0.2) is 19.0 Å². The number of allylic oxidation sites excluding steroid dienone is 1. The minimum absolute atomic E-state index is 0.123. The number of hydrogen-bond donors (Lipinski definition) is 0. The molecule has 0 aromatic heterocycles. The van der Waals surface area contributed by atoms with E-state index in [4.69, 9.17) is 9.47 Å². The summed E-state index contributed by atoms with van der Waals surface area (Å²) >= 11 is 1.64. The molecule has 0 amide bonds. The zero-order chi connectivity index (χ0) is 30.0. The van der Waals surface area contributed by atoms with Gasteiger partial charge >= 0.3 is 0 Å². The highest BCUT2D eigenvalue weighted by Gasteiger charge is 2.30. The van der Waals surface area contributed by atoms with Crippen molar-refractivity contribution in [2.45, 2.75) is 141 Å². The van der Waals surface area contributed by atoms with Gasteiger partial charge in [0.15, 0.2) is 0 Å². The number of ether oxygens (including phenoxy) is 2. The van der Waals surface area contributed by atoms with E-state index in [2.05, 4.69) is 26.0 Å². The number of carbonyl (C=O) groups excluding carboxylic acids is 1. The van der Waals surface area contributed by atoms with Gasteiger partial charge in [-0.15, -0.1) is 0 Å². The lowest BCUT2D eigenvalue weighted by atomic mass is 9.88. The van der Waals surface area contributed by atoms with E-state index in [-0.39, 0.29) is 5.78 Å². The van der Waals surface area contributed by atoms with Crippen molar-refractivity contribution in [1.82, 2.24) is 0 Å². The molecule has 3 rings (SSSR count). The van der Waals surface area contributed by atoms with Crippen LogP contribution in [0.25, 0.3) is 6.08 Å². The summed E-state index contributed by atoms with van der Waals surface area (Å²) in [6.07, 6.45) is 23.5. The maximum absolute atomic E-state index is 13.5. The Morgan fingerprint density at radius 2 is 1.36 bits per heavy atom. The van der Waals surface area contributed by atoms with Gasteiger partial charge in [-0.25, -0.2) is 0 Å². The maximum Gasteiger partial charge on any atom is 0.200 e. The van der Waals surface area contributed by atoms with Gasteiger partial charge < -0.3 is 9.47 Å². The van der Waals surface area contributed by atoms with Crippen LogP contribution >= 0.6 is 11.8 Å². The summed E-state index contributed by atoms with van der Waals surface area (Å²) in [4.78, 5) is 15.5. The molecule has 0 radical (unpaired) electrons. The fraction of sp³-hybridized carbons (Fsp3) is 0.605. The van der Waals surface area contributed by atoms with Crippen molar-refractivity contribution in [3.8, 4) is 11.5 Å². The van der Waals surface area contributed by atoms with Gasteiger partial charge in [0.25, 0.3) is 0 Å². The highest BCUT2D eigenvalue weighted by molar-refractivity contribution is 8.05. The van der Waals surface area contributed by atoms with Crippen LogP contribution in [0.2, 0.25) is 0 Å². The summed E-state index contributed by atoms with van der Waals surface area (Å²) in [5, 5.41) is 0. The third kappa shape index (κ3) is 10.8. The Balaban J connectivity index is 1.55. The standard InChI is InChI=1S/C38H56O3S/c1-5-9-10-11-12-13-14-15-16-17-18-19-20-23-30(22-6-2)33-24-21-25-34-37(39)36(42-38(33)34)29-31-28-32(40-7-3)26-27-35(31)41-8-4/h21,24-30H,5-20,22-23H2,1-4H3. The first-order chi connectivity index (χ1) is 20.6. The van der Waals surface area contributed by atoms with Crippen LogP contribution in [0.1, 0.15) is 158 Å². The van der Waals surface area contributed by atoms with Gasteiger partial charge in [-0.05, 0) is 68.5 Å². The third-order valence-electron chi connectivity index (χ3n) is 8.34. The van der Waals surface area contributed by atoms with E-state index >= 15 is 0 Å². The minimum Gasteiger partial charge on any atom is -0.494 e. The predicted octanol–water partition coefficient (Wildman–Crippen LogP) is 12.2. The molecule has 1 atom stereocenters. The quantitative estimate of drug-likeness (QED) is 0.101. The summed E-state index contributed by atoms with van der Waals surface area (Å²) in [6, 6.07) is 12.2. The number of thioether (sulfide) groups is 1. The Kier molecular flexibility index (Phi) is 16.2. The summed E-state index contributed by atoms with van der Waals surface area (Å²) < 4.78 is 11.6.